The van der Waals surface area contributed by atoms with Gasteiger partial charge >= 0.3 is 0 Å². The minimum Gasteiger partial charge on any atom is -0.487 e. The summed E-state index contributed by atoms with van der Waals surface area (Å²) in [5, 5.41) is 0. The molecule has 1 aromatic heterocycles. The molecule has 0 saturated carbocycles. The second kappa shape index (κ2) is 9.51. The number of fused-ring (bicyclic) bond motifs is 1. The van der Waals surface area contributed by atoms with Gasteiger partial charge in [0.25, 0.3) is 0 Å². The summed E-state index contributed by atoms with van der Waals surface area (Å²) in [6.07, 6.45) is 4.36. The van der Waals surface area contributed by atoms with Crippen molar-refractivity contribution in [2.45, 2.75) is 49.6 Å². The lowest BCUT2D eigenvalue weighted by Crippen LogP contribution is -2.49. The number of hydrogen-bond acceptors (Lipinski definition) is 5. The highest BCUT2D eigenvalue weighted by Crippen LogP contribution is 2.40. The van der Waals surface area contributed by atoms with Crippen molar-refractivity contribution in [1.82, 2.24) is 9.88 Å². The molecule has 3 heterocycles. The Hall–Kier alpha value is -2.70. The predicted molar refractivity (Wildman–Crippen MR) is 135 cm³/mol. The molecule has 5 nitrogen and oxygen atoms in total. The number of sulfone groups is 1. The summed E-state index contributed by atoms with van der Waals surface area (Å²) in [7, 11) is -3.34. The number of nitrogens with zero attached hydrogens (tertiary/aromatic N) is 2. The van der Waals surface area contributed by atoms with Gasteiger partial charge in [-0.25, -0.2) is 8.42 Å². The van der Waals surface area contributed by atoms with Gasteiger partial charge in [-0.3, -0.25) is 4.98 Å². The summed E-state index contributed by atoms with van der Waals surface area (Å²) in [5.41, 5.74) is 3.97. The molecular formula is C28H32N2O3S. The van der Waals surface area contributed by atoms with Gasteiger partial charge in [-0.1, -0.05) is 43.3 Å². The predicted octanol–water partition coefficient (Wildman–Crippen LogP) is 5.04. The van der Waals surface area contributed by atoms with Crippen LogP contribution in [0.25, 0.3) is 11.1 Å². The Morgan fingerprint density at radius 3 is 2.56 bits per heavy atom. The molecule has 1 fully saturated rings. The fourth-order valence-electron chi connectivity index (χ4n) is 4.89. The molecule has 0 bridgehead atoms. The van der Waals surface area contributed by atoms with E-state index in [1.165, 1.54) is 4.90 Å². The fraction of sp³-hybridized carbons (Fsp3) is 0.393. The van der Waals surface area contributed by atoms with Crippen LogP contribution in [0.15, 0.2) is 66.9 Å². The largest absolute Gasteiger partial charge is 0.487 e. The van der Waals surface area contributed by atoms with Gasteiger partial charge in [0, 0.05) is 26.1 Å². The van der Waals surface area contributed by atoms with Gasteiger partial charge in [-0.2, -0.15) is 0 Å². The van der Waals surface area contributed by atoms with Crippen LogP contribution in [-0.4, -0.2) is 43.5 Å². The van der Waals surface area contributed by atoms with E-state index in [4.69, 9.17) is 11.6 Å². The third kappa shape index (κ3) is 5.18. The van der Waals surface area contributed by atoms with Crippen molar-refractivity contribution >= 4 is 9.84 Å². The number of ether oxygens (including phenoxy) is 1. The van der Waals surface area contributed by atoms with Gasteiger partial charge in [-0.15, -0.1) is 0 Å². The Bertz CT molecular complexity index is 1420. The van der Waals surface area contributed by atoms with Crippen LogP contribution < -0.4 is 4.74 Å². The highest BCUT2D eigenvalue weighted by atomic mass is 32.2. The van der Waals surface area contributed by atoms with Gasteiger partial charge < -0.3 is 9.64 Å². The Kier molecular flexibility index (Phi) is 4.95. The molecule has 0 atom stereocenters. The summed E-state index contributed by atoms with van der Waals surface area (Å²) in [5.74, 6) is 0.677. The van der Waals surface area contributed by atoms with Crippen LogP contribution in [0.5, 0.6) is 5.75 Å². The number of benzene rings is 2. The zero-order valence-corrected chi connectivity index (χ0v) is 19.9. The molecule has 2 aromatic carbocycles. The van der Waals surface area contributed by atoms with E-state index in [2.05, 4.69) is 11.1 Å². The second-order valence-corrected chi connectivity index (χ2v) is 11.3. The molecule has 0 aliphatic carbocycles. The van der Waals surface area contributed by atoms with Crippen molar-refractivity contribution in [3.63, 3.8) is 0 Å². The molecule has 0 unspecified atom stereocenters. The molecule has 0 radical (unpaired) electrons. The molecule has 3 aromatic rings. The van der Waals surface area contributed by atoms with E-state index in [0.29, 0.717) is 31.6 Å². The molecule has 2 aliphatic rings. The molecule has 1 saturated heterocycles. The lowest BCUT2D eigenvalue weighted by atomic mass is 9.82. The number of likely N-dealkylation sites (tertiary alicyclic amines) is 1. The van der Waals surface area contributed by atoms with Gasteiger partial charge in [0.05, 0.1) is 17.2 Å². The lowest BCUT2D eigenvalue weighted by molar-refractivity contribution is -0.0132. The summed E-state index contributed by atoms with van der Waals surface area (Å²) in [6.45, 7) is -4.37. The molecule has 1 spiro atoms. The Labute approximate surface area is 209 Å². The monoisotopic (exact) mass is 481 g/mol. The molecule has 0 amide bonds. The van der Waals surface area contributed by atoms with Crippen LogP contribution >= 0.6 is 0 Å². The van der Waals surface area contributed by atoms with E-state index in [1.54, 1.807) is 24.4 Å². The normalized spacial score (nSPS) is 20.8. The van der Waals surface area contributed by atoms with Crippen LogP contribution in [0, 0.1) is 0 Å². The maximum atomic E-state index is 12.6. The number of aryl methyl sites for hydroxylation is 1. The maximum absolute atomic E-state index is 12.6. The highest BCUT2D eigenvalue weighted by molar-refractivity contribution is 7.89. The van der Waals surface area contributed by atoms with Crippen LogP contribution in [0.4, 0.5) is 0 Å². The van der Waals surface area contributed by atoms with E-state index in [-0.39, 0.29) is 11.5 Å². The minimum atomic E-state index is -3.34. The third-order valence-corrected chi connectivity index (χ3v) is 8.35. The maximum Gasteiger partial charge on any atom is 0.160 e. The molecule has 34 heavy (non-hydrogen) atoms. The molecule has 2 aliphatic heterocycles. The summed E-state index contributed by atoms with van der Waals surface area (Å²) >= 11 is 0. The molecular weight excluding hydrogens is 444 g/mol. The van der Waals surface area contributed by atoms with E-state index in [9.17, 15) is 8.42 Å². The van der Waals surface area contributed by atoms with Crippen molar-refractivity contribution in [3.8, 4) is 16.9 Å². The molecule has 6 heteroatoms. The van der Waals surface area contributed by atoms with Gasteiger partial charge in [-0.05, 0) is 78.7 Å². The average Bonchev–Trinajstić information content (AvgIpc) is 2.88. The zero-order valence-electron chi connectivity index (χ0n) is 24.0. The first-order valence-electron chi connectivity index (χ1n) is 14.1. The van der Waals surface area contributed by atoms with Crippen molar-refractivity contribution in [1.29, 1.82) is 0 Å². The van der Waals surface area contributed by atoms with Gasteiger partial charge in [0.1, 0.15) is 11.4 Å². The molecule has 5 rings (SSSR count). The van der Waals surface area contributed by atoms with E-state index in [1.807, 2.05) is 36.4 Å². The Morgan fingerprint density at radius 2 is 1.82 bits per heavy atom. The first kappa shape index (κ1) is 17.7. The van der Waals surface area contributed by atoms with Crippen molar-refractivity contribution < 1.29 is 20.0 Å². The van der Waals surface area contributed by atoms with Crippen LogP contribution in [-0.2, 0) is 27.8 Å². The van der Waals surface area contributed by atoms with E-state index >= 15 is 0 Å². The number of piperidine rings is 1. The van der Waals surface area contributed by atoms with Crippen LogP contribution in [0.3, 0.4) is 0 Å². The zero-order chi connectivity index (χ0) is 27.9. The van der Waals surface area contributed by atoms with Crippen molar-refractivity contribution in [3.05, 3.63) is 83.7 Å². The SMILES string of the molecule is [2H]C([2H])([2H])C([2H])([2H])N1CCC2(CCc3cc(-c4ccc(CS(=O)(=O)Cc5ccccn5)cc4)ccc3O2)CC1. The number of hydrogen-bond donors (Lipinski definition) is 0. The molecule has 0 N–H and O–H groups in total. The summed E-state index contributed by atoms with van der Waals surface area (Å²) in [6, 6.07) is 18.9. The molecule has 178 valence electrons. The third-order valence-electron chi connectivity index (χ3n) is 6.84. The van der Waals surface area contributed by atoms with Crippen molar-refractivity contribution in [2.75, 3.05) is 19.6 Å². The Balaban J connectivity index is 1.23. The number of pyridine rings is 1. The van der Waals surface area contributed by atoms with Crippen LogP contribution in [0.2, 0.25) is 0 Å². The number of aromatic nitrogens is 1. The van der Waals surface area contributed by atoms with E-state index < -0.39 is 28.8 Å². The second-order valence-electron chi connectivity index (χ2n) is 9.26. The average molecular weight is 482 g/mol. The van der Waals surface area contributed by atoms with Crippen molar-refractivity contribution in [2.24, 2.45) is 0 Å². The first-order valence-corrected chi connectivity index (χ1v) is 13.4. The first-order chi connectivity index (χ1) is 18.4. The fourth-order valence-corrected chi connectivity index (χ4v) is 6.31. The summed E-state index contributed by atoms with van der Waals surface area (Å²) in [4.78, 5) is 5.53. The topological polar surface area (TPSA) is 59.5 Å². The van der Waals surface area contributed by atoms with Gasteiger partial charge in [0.15, 0.2) is 9.84 Å². The van der Waals surface area contributed by atoms with Gasteiger partial charge in [0.2, 0.25) is 0 Å². The lowest BCUT2D eigenvalue weighted by Gasteiger charge is -2.44. The van der Waals surface area contributed by atoms with E-state index in [0.717, 1.165) is 40.8 Å². The quantitative estimate of drug-likeness (QED) is 0.493. The van der Waals surface area contributed by atoms with Crippen LogP contribution in [0.1, 0.15) is 49.8 Å². The standard InChI is InChI=1S/C28H32N2O3S/c1-2-30-17-14-28(15-18-30)13-12-25-19-24(10-11-27(25)33-28)23-8-6-22(7-9-23)20-34(31,32)21-26-5-3-4-16-29-26/h3-11,16,19H,2,12-15,17-18,20-21H2,1H3/i1D3,2D2. The highest BCUT2D eigenvalue weighted by Gasteiger charge is 2.39. The number of rotatable bonds is 6. The Morgan fingerprint density at radius 1 is 1.03 bits per heavy atom. The minimum absolute atomic E-state index is 0.0463. The smallest absolute Gasteiger partial charge is 0.160 e. The summed E-state index contributed by atoms with van der Waals surface area (Å²) < 4.78 is 70.4.